The Morgan fingerprint density at radius 2 is 1.88 bits per heavy atom. The Labute approximate surface area is 200 Å². The van der Waals surface area contributed by atoms with Gasteiger partial charge in [0.2, 0.25) is 5.43 Å². The number of hydrogen-bond acceptors (Lipinski definition) is 4. The highest BCUT2D eigenvalue weighted by atomic mass is 16.3. The molecular formula is C28H33N3O3. The van der Waals surface area contributed by atoms with Crippen LogP contribution >= 0.6 is 0 Å². The average Bonchev–Trinajstić information content (AvgIpc) is 3.01. The molecule has 1 aromatic rings. The van der Waals surface area contributed by atoms with E-state index in [-0.39, 0.29) is 29.5 Å². The van der Waals surface area contributed by atoms with Crippen LogP contribution in [-0.2, 0) is 0 Å². The lowest BCUT2D eigenvalue weighted by Crippen LogP contribution is -2.62. The SMILES string of the molecule is C=CCCCN1CN([C@@H]2C3C=CC=CC3CCC3C=CC=C(C)C32)n2ccc(=O)c(O)c2C1=O. The van der Waals surface area contributed by atoms with Crippen LogP contribution in [0.5, 0.6) is 5.75 Å². The average molecular weight is 460 g/mol. The summed E-state index contributed by atoms with van der Waals surface area (Å²) >= 11 is 0. The van der Waals surface area contributed by atoms with Crippen molar-refractivity contribution in [2.45, 2.75) is 38.6 Å². The summed E-state index contributed by atoms with van der Waals surface area (Å²) in [6, 6.07) is 1.42. The van der Waals surface area contributed by atoms with E-state index in [1.165, 1.54) is 11.6 Å². The maximum absolute atomic E-state index is 13.4. The monoisotopic (exact) mass is 459 g/mol. The van der Waals surface area contributed by atoms with Crippen LogP contribution in [0.2, 0.25) is 0 Å². The smallest absolute Gasteiger partial charge is 0.277 e. The molecule has 1 saturated carbocycles. The summed E-state index contributed by atoms with van der Waals surface area (Å²) in [6.45, 7) is 6.96. The van der Waals surface area contributed by atoms with Crippen molar-refractivity contribution in [3.63, 3.8) is 0 Å². The molecule has 0 aromatic carbocycles. The van der Waals surface area contributed by atoms with E-state index >= 15 is 0 Å². The summed E-state index contributed by atoms with van der Waals surface area (Å²) < 4.78 is 1.75. The first-order valence-electron chi connectivity index (χ1n) is 12.3. The van der Waals surface area contributed by atoms with Gasteiger partial charge in [0.25, 0.3) is 5.91 Å². The van der Waals surface area contributed by atoms with E-state index in [0.29, 0.717) is 25.0 Å². The largest absolute Gasteiger partial charge is 0.502 e. The lowest BCUT2D eigenvalue weighted by Gasteiger charge is -2.50. The van der Waals surface area contributed by atoms with Crippen molar-refractivity contribution >= 4 is 5.91 Å². The second-order valence-corrected chi connectivity index (χ2v) is 9.87. The molecule has 1 amide bonds. The summed E-state index contributed by atoms with van der Waals surface area (Å²) in [4.78, 5) is 27.5. The molecule has 2 heterocycles. The van der Waals surface area contributed by atoms with Crippen molar-refractivity contribution in [1.29, 1.82) is 0 Å². The van der Waals surface area contributed by atoms with Gasteiger partial charge >= 0.3 is 0 Å². The van der Waals surface area contributed by atoms with Crippen LogP contribution < -0.4 is 10.4 Å². The number of aromatic nitrogens is 1. The second kappa shape index (κ2) is 9.16. The number of carbonyl (C=O) groups excluding carboxylic acids is 1. The summed E-state index contributed by atoms with van der Waals surface area (Å²) in [5.74, 6) is 0.576. The highest BCUT2D eigenvalue weighted by molar-refractivity contribution is 5.96. The van der Waals surface area contributed by atoms with E-state index in [4.69, 9.17) is 0 Å². The second-order valence-electron chi connectivity index (χ2n) is 9.87. The molecule has 5 atom stereocenters. The van der Waals surface area contributed by atoms with Crippen molar-refractivity contribution < 1.29 is 9.90 Å². The number of hydrogen-bond donors (Lipinski definition) is 1. The number of amides is 1. The zero-order chi connectivity index (χ0) is 23.8. The van der Waals surface area contributed by atoms with Crippen LogP contribution in [-0.4, -0.2) is 39.8 Å². The maximum atomic E-state index is 13.4. The van der Waals surface area contributed by atoms with Crippen molar-refractivity contribution in [1.82, 2.24) is 9.58 Å². The van der Waals surface area contributed by atoms with E-state index in [1.807, 2.05) is 6.08 Å². The molecule has 4 unspecified atom stereocenters. The molecule has 0 saturated heterocycles. The number of pyridine rings is 1. The zero-order valence-corrected chi connectivity index (χ0v) is 19.7. The summed E-state index contributed by atoms with van der Waals surface area (Å²) in [5, 5.41) is 12.9. The molecule has 6 heteroatoms. The van der Waals surface area contributed by atoms with Gasteiger partial charge in [-0.25, -0.2) is 0 Å². The Hall–Kier alpha value is -3.28. The normalized spacial score (nSPS) is 29.7. The topological polar surface area (TPSA) is 65.8 Å². The Balaban J connectivity index is 1.65. The first kappa shape index (κ1) is 22.5. The van der Waals surface area contributed by atoms with Crippen LogP contribution in [0.25, 0.3) is 0 Å². The minimum absolute atomic E-state index is 0.0653. The molecule has 1 aliphatic heterocycles. The number of carbonyl (C=O) groups is 1. The van der Waals surface area contributed by atoms with Crippen LogP contribution in [0.15, 0.2) is 77.8 Å². The van der Waals surface area contributed by atoms with Crippen molar-refractivity contribution in [3.8, 4) is 5.75 Å². The molecule has 178 valence electrons. The molecule has 1 N–H and O–H groups in total. The third kappa shape index (κ3) is 3.75. The Morgan fingerprint density at radius 1 is 1.12 bits per heavy atom. The summed E-state index contributed by atoms with van der Waals surface area (Å²) in [5.41, 5.74) is 0.877. The molecule has 0 radical (unpaired) electrons. The molecule has 1 fully saturated rings. The van der Waals surface area contributed by atoms with E-state index < -0.39 is 11.2 Å². The van der Waals surface area contributed by atoms with Gasteiger partial charge in [-0.15, -0.1) is 6.58 Å². The maximum Gasteiger partial charge on any atom is 0.277 e. The van der Waals surface area contributed by atoms with E-state index in [2.05, 4.69) is 61.0 Å². The molecule has 6 nitrogen and oxygen atoms in total. The highest BCUT2D eigenvalue weighted by Gasteiger charge is 2.47. The first-order chi connectivity index (χ1) is 16.5. The number of unbranched alkanes of at least 4 members (excludes halogenated alkanes) is 1. The van der Waals surface area contributed by atoms with Gasteiger partial charge in [-0.2, -0.15) is 0 Å². The molecule has 34 heavy (non-hydrogen) atoms. The van der Waals surface area contributed by atoms with E-state index in [9.17, 15) is 14.7 Å². The Morgan fingerprint density at radius 3 is 2.71 bits per heavy atom. The van der Waals surface area contributed by atoms with Gasteiger partial charge in [-0.3, -0.25) is 19.3 Å². The van der Waals surface area contributed by atoms with Crippen molar-refractivity contribution in [3.05, 3.63) is 88.9 Å². The van der Waals surface area contributed by atoms with Crippen LogP contribution in [0.1, 0.15) is 43.1 Å². The first-order valence-corrected chi connectivity index (χ1v) is 12.3. The number of allylic oxidation sites excluding steroid dienone is 7. The van der Waals surface area contributed by atoms with Gasteiger partial charge in [0.1, 0.15) is 6.67 Å². The van der Waals surface area contributed by atoms with Gasteiger partial charge in [-0.1, -0.05) is 54.2 Å². The fourth-order valence-corrected chi connectivity index (χ4v) is 6.28. The van der Waals surface area contributed by atoms with Crippen molar-refractivity contribution in [2.24, 2.45) is 23.7 Å². The Kier molecular flexibility index (Phi) is 6.07. The quantitative estimate of drug-likeness (QED) is 0.531. The number of nitrogens with zero attached hydrogens (tertiary/aromatic N) is 3. The lowest BCUT2D eigenvalue weighted by atomic mass is 9.72. The Bertz CT molecular complexity index is 1160. The van der Waals surface area contributed by atoms with Crippen LogP contribution in [0.3, 0.4) is 0 Å². The molecular weight excluding hydrogens is 426 g/mol. The summed E-state index contributed by atoms with van der Waals surface area (Å²) in [6.07, 6.45) is 22.9. The fraction of sp³-hybridized carbons (Fsp3) is 0.429. The summed E-state index contributed by atoms with van der Waals surface area (Å²) in [7, 11) is 0. The predicted molar refractivity (Wildman–Crippen MR) is 134 cm³/mol. The molecule has 3 aliphatic carbocycles. The highest BCUT2D eigenvalue weighted by Crippen LogP contribution is 2.46. The number of fused-ring (bicyclic) bond motifs is 3. The third-order valence-corrected chi connectivity index (χ3v) is 7.91. The molecule has 1 aromatic heterocycles. The van der Waals surface area contributed by atoms with Gasteiger partial charge in [0, 0.05) is 30.6 Å². The minimum atomic E-state index is -0.527. The van der Waals surface area contributed by atoms with Gasteiger partial charge < -0.3 is 10.0 Å². The predicted octanol–water partition coefficient (Wildman–Crippen LogP) is 4.14. The standard InChI is InChI=1S/C28H33N3O3/c1-3-4-7-16-29-18-31(30-17-15-23(32)27(33)26(30)28(29)34)25-22-12-6-5-10-20(22)13-14-21-11-8-9-19(2)24(21)25/h3,5-6,8-12,15,17,20-22,24-25,33H,1,4,7,13-14,16,18H2,2H3/t20?,21?,22?,24?,25-/m1/s1. The fourth-order valence-electron chi connectivity index (χ4n) is 6.28. The van der Waals surface area contributed by atoms with E-state index in [0.717, 1.165) is 25.7 Å². The minimum Gasteiger partial charge on any atom is -0.502 e. The molecule has 0 bridgehead atoms. The van der Waals surface area contributed by atoms with Crippen LogP contribution in [0, 0.1) is 23.7 Å². The van der Waals surface area contributed by atoms with Crippen LogP contribution in [0.4, 0.5) is 0 Å². The third-order valence-electron chi connectivity index (χ3n) is 7.91. The molecule has 4 aliphatic rings. The van der Waals surface area contributed by atoms with E-state index in [1.54, 1.807) is 15.8 Å². The van der Waals surface area contributed by atoms with Gasteiger partial charge in [0.15, 0.2) is 11.4 Å². The zero-order valence-electron chi connectivity index (χ0n) is 19.7. The number of rotatable bonds is 5. The molecule has 0 spiro atoms. The number of aromatic hydroxyl groups is 1. The lowest BCUT2D eigenvalue weighted by molar-refractivity contribution is 0.0651. The van der Waals surface area contributed by atoms with Gasteiger partial charge in [0.05, 0.1) is 6.04 Å². The van der Waals surface area contributed by atoms with Gasteiger partial charge in [-0.05, 0) is 44.4 Å². The molecule has 5 rings (SSSR count). The van der Waals surface area contributed by atoms with Crippen molar-refractivity contribution in [2.75, 3.05) is 18.2 Å².